The quantitative estimate of drug-likeness (QED) is 0.626. The minimum Gasteiger partial charge on any atom is -0.331 e. The largest absolute Gasteiger partial charge is 0.331 e. The Bertz CT molecular complexity index is 1050. The van der Waals surface area contributed by atoms with E-state index in [1.165, 1.54) is 0 Å². The fourth-order valence-electron chi connectivity index (χ4n) is 2.71. The number of fused-ring (bicyclic) bond motifs is 1. The molecule has 124 valence electrons. The summed E-state index contributed by atoms with van der Waals surface area (Å²) < 4.78 is 3.66. The Hall–Kier alpha value is -3.48. The van der Waals surface area contributed by atoms with Gasteiger partial charge in [0.2, 0.25) is 0 Å². The van der Waals surface area contributed by atoms with Gasteiger partial charge < -0.3 is 9.88 Å². The SMILES string of the molecule is Cc1nc2cc(NC(=O)c3ccc(-n4ccnn4)cc3)ccc2n1C. The van der Waals surface area contributed by atoms with Crippen molar-refractivity contribution in [2.24, 2.45) is 7.05 Å². The number of benzene rings is 2. The van der Waals surface area contributed by atoms with Gasteiger partial charge in [0.25, 0.3) is 5.91 Å². The number of nitrogens with one attached hydrogen (secondary N) is 1. The van der Waals surface area contributed by atoms with Crippen molar-refractivity contribution < 1.29 is 4.79 Å². The van der Waals surface area contributed by atoms with Gasteiger partial charge >= 0.3 is 0 Å². The first-order valence-corrected chi connectivity index (χ1v) is 7.83. The summed E-state index contributed by atoms with van der Waals surface area (Å²) in [5.74, 6) is 0.763. The summed E-state index contributed by atoms with van der Waals surface area (Å²) in [5.41, 5.74) is 4.03. The van der Waals surface area contributed by atoms with Crippen LogP contribution in [0.2, 0.25) is 0 Å². The second-order valence-corrected chi connectivity index (χ2v) is 5.77. The third-order valence-electron chi connectivity index (χ3n) is 4.18. The van der Waals surface area contributed by atoms with Crippen LogP contribution in [0.25, 0.3) is 16.7 Å². The van der Waals surface area contributed by atoms with Gasteiger partial charge in [-0.3, -0.25) is 4.79 Å². The van der Waals surface area contributed by atoms with Crippen LogP contribution in [0.1, 0.15) is 16.2 Å². The Balaban J connectivity index is 1.55. The number of anilines is 1. The molecule has 7 nitrogen and oxygen atoms in total. The zero-order chi connectivity index (χ0) is 17.4. The predicted octanol–water partition coefficient (Wildman–Crippen LogP) is 2.71. The van der Waals surface area contributed by atoms with Gasteiger partial charge in [-0.1, -0.05) is 5.21 Å². The van der Waals surface area contributed by atoms with Crippen molar-refractivity contribution in [3.63, 3.8) is 0 Å². The summed E-state index contributed by atoms with van der Waals surface area (Å²) in [6, 6.07) is 12.9. The highest BCUT2D eigenvalue weighted by Crippen LogP contribution is 2.20. The zero-order valence-corrected chi connectivity index (χ0v) is 13.8. The Morgan fingerprint density at radius 2 is 1.92 bits per heavy atom. The number of aromatic nitrogens is 5. The van der Waals surface area contributed by atoms with E-state index in [0.29, 0.717) is 5.56 Å². The number of carbonyl (C=O) groups is 1. The van der Waals surface area contributed by atoms with Gasteiger partial charge in [0.05, 0.1) is 29.1 Å². The average molecular weight is 332 g/mol. The van der Waals surface area contributed by atoms with Crippen LogP contribution in [0.5, 0.6) is 0 Å². The molecule has 4 rings (SSSR count). The van der Waals surface area contributed by atoms with Crippen LogP contribution in [0, 0.1) is 6.92 Å². The molecule has 7 heteroatoms. The Morgan fingerprint density at radius 3 is 2.64 bits per heavy atom. The van der Waals surface area contributed by atoms with Crippen molar-refractivity contribution in [3.05, 3.63) is 66.2 Å². The maximum absolute atomic E-state index is 12.4. The van der Waals surface area contributed by atoms with E-state index in [1.54, 1.807) is 29.2 Å². The van der Waals surface area contributed by atoms with Gasteiger partial charge in [-0.15, -0.1) is 5.10 Å². The minimum atomic E-state index is -0.169. The monoisotopic (exact) mass is 332 g/mol. The molecule has 0 fully saturated rings. The number of nitrogens with zero attached hydrogens (tertiary/aromatic N) is 5. The Morgan fingerprint density at radius 1 is 1.12 bits per heavy atom. The average Bonchev–Trinajstić information content (AvgIpc) is 3.24. The lowest BCUT2D eigenvalue weighted by molar-refractivity contribution is 0.102. The van der Waals surface area contributed by atoms with Gasteiger partial charge in [-0.05, 0) is 49.4 Å². The maximum Gasteiger partial charge on any atom is 0.255 e. The Kier molecular flexibility index (Phi) is 3.53. The van der Waals surface area contributed by atoms with E-state index in [-0.39, 0.29) is 5.91 Å². The number of rotatable bonds is 3. The standard InChI is InChI=1S/C18H16N6O/c1-12-20-16-11-14(5-8-17(16)23(12)2)21-18(25)13-3-6-15(7-4-13)24-10-9-19-22-24/h3-11H,1-2H3,(H,21,25). The number of hydrogen-bond acceptors (Lipinski definition) is 4. The number of carbonyl (C=O) groups excluding carboxylic acids is 1. The number of amides is 1. The molecule has 0 aliphatic rings. The third-order valence-corrected chi connectivity index (χ3v) is 4.18. The van der Waals surface area contributed by atoms with Gasteiger partial charge in [-0.25, -0.2) is 9.67 Å². The molecule has 4 aromatic rings. The predicted molar refractivity (Wildman–Crippen MR) is 94.8 cm³/mol. The molecule has 0 unspecified atom stereocenters. The van der Waals surface area contributed by atoms with E-state index < -0.39 is 0 Å². The molecule has 25 heavy (non-hydrogen) atoms. The first kappa shape index (κ1) is 15.1. The number of aryl methyl sites for hydroxylation is 2. The van der Waals surface area contributed by atoms with E-state index in [0.717, 1.165) is 28.2 Å². The highest BCUT2D eigenvalue weighted by molar-refractivity contribution is 6.05. The minimum absolute atomic E-state index is 0.169. The van der Waals surface area contributed by atoms with Crippen LogP contribution in [0.3, 0.4) is 0 Å². The van der Waals surface area contributed by atoms with Crippen molar-refractivity contribution in [1.29, 1.82) is 0 Å². The third kappa shape index (κ3) is 2.76. The molecule has 2 heterocycles. The van der Waals surface area contributed by atoms with Crippen molar-refractivity contribution in [2.75, 3.05) is 5.32 Å². The van der Waals surface area contributed by atoms with Gasteiger partial charge in [0.15, 0.2) is 0 Å². The normalized spacial score (nSPS) is 11.0. The first-order chi connectivity index (χ1) is 12.1. The lowest BCUT2D eigenvalue weighted by Crippen LogP contribution is -2.12. The molecule has 0 saturated heterocycles. The lowest BCUT2D eigenvalue weighted by Gasteiger charge is -2.07. The van der Waals surface area contributed by atoms with E-state index in [2.05, 4.69) is 20.6 Å². The van der Waals surface area contributed by atoms with Crippen molar-refractivity contribution in [1.82, 2.24) is 24.5 Å². The van der Waals surface area contributed by atoms with Crippen LogP contribution >= 0.6 is 0 Å². The summed E-state index contributed by atoms with van der Waals surface area (Å²) >= 11 is 0. The molecule has 1 amide bonds. The van der Waals surface area contributed by atoms with Crippen LogP contribution in [-0.2, 0) is 7.05 Å². The maximum atomic E-state index is 12.4. The van der Waals surface area contributed by atoms with Crippen molar-refractivity contribution in [3.8, 4) is 5.69 Å². The molecule has 1 N–H and O–H groups in total. The summed E-state index contributed by atoms with van der Waals surface area (Å²) in [7, 11) is 1.97. The van der Waals surface area contributed by atoms with Crippen LogP contribution < -0.4 is 5.32 Å². The first-order valence-electron chi connectivity index (χ1n) is 7.83. The fraction of sp³-hybridized carbons (Fsp3) is 0.111. The van der Waals surface area contributed by atoms with Gasteiger partial charge in [0.1, 0.15) is 5.82 Å². The van der Waals surface area contributed by atoms with Crippen LogP contribution in [0.15, 0.2) is 54.9 Å². The van der Waals surface area contributed by atoms with E-state index in [9.17, 15) is 4.79 Å². The van der Waals surface area contributed by atoms with Crippen LogP contribution in [0.4, 0.5) is 5.69 Å². The summed E-state index contributed by atoms with van der Waals surface area (Å²) in [4.78, 5) is 16.9. The lowest BCUT2D eigenvalue weighted by atomic mass is 10.2. The number of imidazole rings is 1. The highest BCUT2D eigenvalue weighted by atomic mass is 16.1. The molecule has 2 aromatic carbocycles. The van der Waals surface area contributed by atoms with Gasteiger partial charge in [0, 0.05) is 18.3 Å². The molecule has 0 atom stereocenters. The van der Waals surface area contributed by atoms with E-state index in [1.807, 2.05) is 48.9 Å². The molecule has 2 aromatic heterocycles. The summed E-state index contributed by atoms with van der Waals surface area (Å²) in [6.45, 7) is 1.95. The van der Waals surface area contributed by atoms with E-state index >= 15 is 0 Å². The fourth-order valence-corrected chi connectivity index (χ4v) is 2.71. The topological polar surface area (TPSA) is 77.6 Å². The number of hydrogen-bond donors (Lipinski definition) is 1. The molecule has 0 bridgehead atoms. The highest BCUT2D eigenvalue weighted by Gasteiger charge is 2.09. The second-order valence-electron chi connectivity index (χ2n) is 5.77. The van der Waals surface area contributed by atoms with E-state index in [4.69, 9.17) is 0 Å². The molecule has 0 spiro atoms. The van der Waals surface area contributed by atoms with Crippen molar-refractivity contribution >= 4 is 22.6 Å². The molecule has 0 saturated carbocycles. The zero-order valence-electron chi connectivity index (χ0n) is 13.8. The Labute approximate surface area is 143 Å². The summed E-state index contributed by atoms with van der Waals surface area (Å²) in [6.07, 6.45) is 3.36. The van der Waals surface area contributed by atoms with Gasteiger partial charge in [-0.2, -0.15) is 0 Å². The van der Waals surface area contributed by atoms with Crippen LogP contribution in [-0.4, -0.2) is 30.5 Å². The molecule has 0 aliphatic carbocycles. The van der Waals surface area contributed by atoms with Crippen molar-refractivity contribution in [2.45, 2.75) is 6.92 Å². The summed E-state index contributed by atoms with van der Waals surface area (Å²) in [5, 5.41) is 10.6. The molecule has 0 aliphatic heterocycles. The molecular formula is C18H16N6O. The second kappa shape index (κ2) is 5.86. The molecule has 0 radical (unpaired) electrons. The smallest absolute Gasteiger partial charge is 0.255 e. The molecular weight excluding hydrogens is 316 g/mol.